The Balaban J connectivity index is 2.21. The highest BCUT2D eigenvalue weighted by molar-refractivity contribution is 5.89. The minimum absolute atomic E-state index is 0.221. The summed E-state index contributed by atoms with van der Waals surface area (Å²) in [6.45, 7) is 0.221. The van der Waals surface area contributed by atoms with E-state index in [0.717, 1.165) is 18.6 Å². The Labute approximate surface area is 47.6 Å². The van der Waals surface area contributed by atoms with Crippen LogP contribution in [0, 0.1) is 5.92 Å². The molecule has 0 amide bonds. The fourth-order valence-electron chi connectivity index (χ4n) is 0.817. The van der Waals surface area contributed by atoms with Crippen molar-refractivity contribution in [3.63, 3.8) is 0 Å². The molecule has 3 heteroatoms. The van der Waals surface area contributed by atoms with Crippen LogP contribution in [0.5, 0.6) is 0 Å². The van der Waals surface area contributed by atoms with E-state index in [0.29, 0.717) is 5.92 Å². The Bertz CT molecular complexity index is 103. The number of oxime groups is 1. The number of hydrogen-bond donors (Lipinski definition) is 2. The molecule has 1 saturated carbocycles. The van der Waals surface area contributed by atoms with E-state index in [4.69, 9.17) is 10.3 Å². The molecule has 1 rings (SSSR count). The second-order valence-corrected chi connectivity index (χ2v) is 2.12. The van der Waals surface area contributed by atoms with E-state index in [1.165, 1.54) is 0 Å². The van der Waals surface area contributed by atoms with Gasteiger partial charge in [0.05, 0.1) is 5.71 Å². The van der Waals surface area contributed by atoms with Crippen molar-refractivity contribution < 1.29 is 10.3 Å². The van der Waals surface area contributed by atoms with Gasteiger partial charge in [0.15, 0.2) is 0 Å². The fraction of sp³-hybridized carbons (Fsp3) is 0.800. The van der Waals surface area contributed by atoms with Crippen molar-refractivity contribution in [3.05, 3.63) is 0 Å². The van der Waals surface area contributed by atoms with E-state index < -0.39 is 0 Å². The fourth-order valence-corrected chi connectivity index (χ4v) is 0.817. The highest BCUT2D eigenvalue weighted by atomic mass is 16.4. The van der Waals surface area contributed by atoms with Crippen molar-refractivity contribution in [2.24, 2.45) is 11.1 Å². The van der Waals surface area contributed by atoms with E-state index >= 15 is 0 Å². The van der Waals surface area contributed by atoms with Gasteiger partial charge in [-0.1, -0.05) is 5.16 Å². The summed E-state index contributed by atoms with van der Waals surface area (Å²) in [5.41, 5.74) is 0.809. The Kier molecular flexibility index (Phi) is 1.48. The molecule has 8 heavy (non-hydrogen) atoms. The summed E-state index contributed by atoms with van der Waals surface area (Å²) < 4.78 is 0. The lowest BCUT2D eigenvalue weighted by Crippen LogP contribution is -2.26. The normalized spacial score (nSPS) is 27.1. The van der Waals surface area contributed by atoms with Crippen LogP contribution >= 0.6 is 0 Å². The summed E-state index contributed by atoms with van der Waals surface area (Å²) >= 11 is 0. The van der Waals surface area contributed by atoms with Gasteiger partial charge in [0.25, 0.3) is 0 Å². The molecule has 46 valence electrons. The van der Waals surface area contributed by atoms with Gasteiger partial charge in [0, 0.05) is 6.61 Å². The summed E-state index contributed by atoms with van der Waals surface area (Å²) in [6.07, 6.45) is 1.54. The van der Waals surface area contributed by atoms with Crippen LogP contribution < -0.4 is 0 Å². The monoisotopic (exact) mass is 115 g/mol. The largest absolute Gasteiger partial charge is 0.411 e. The Morgan fingerprint density at radius 1 is 1.62 bits per heavy atom. The molecule has 0 bridgehead atoms. The average molecular weight is 115 g/mol. The highest BCUT2D eigenvalue weighted by Crippen LogP contribution is 2.22. The second kappa shape index (κ2) is 2.13. The van der Waals surface area contributed by atoms with Crippen molar-refractivity contribution in [2.45, 2.75) is 12.8 Å². The zero-order valence-electron chi connectivity index (χ0n) is 4.54. The van der Waals surface area contributed by atoms with Crippen molar-refractivity contribution >= 4 is 5.71 Å². The quantitative estimate of drug-likeness (QED) is 0.379. The van der Waals surface area contributed by atoms with E-state index in [2.05, 4.69) is 5.16 Å². The van der Waals surface area contributed by atoms with Crippen LogP contribution in [-0.2, 0) is 0 Å². The van der Waals surface area contributed by atoms with E-state index in [-0.39, 0.29) is 6.61 Å². The third kappa shape index (κ3) is 0.816. The van der Waals surface area contributed by atoms with E-state index in [9.17, 15) is 0 Å². The maximum atomic E-state index is 8.46. The van der Waals surface area contributed by atoms with Crippen molar-refractivity contribution in [1.82, 2.24) is 0 Å². The lowest BCUT2D eigenvalue weighted by molar-refractivity contribution is 0.212. The van der Waals surface area contributed by atoms with Crippen LogP contribution in [0.25, 0.3) is 0 Å². The van der Waals surface area contributed by atoms with Crippen molar-refractivity contribution in [1.29, 1.82) is 0 Å². The molecule has 1 aliphatic carbocycles. The molecule has 0 aromatic carbocycles. The van der Waals surface area contributed by atoms with Crippen LogP contribution in [0.4, 0.5) is 0 Å². The van der Waals surface area contributed by atoms with Gasteiger partial charge in [-0.05, 0) is 18.8 Å². The van der Waals surface area contributed by atoms with Crippen LogP contribution in [0.3, 0.4) is 0 Å². The molecular weight excluding hydrogens is 106 g/mol. The van der Waals surface area contributed by atoms with Gasteiger partial charge in [0.1, 0.15) is 0 Å². The molecule has 3 nitrogen and oxygen atoms in total. The van der Waals surface area contributed by atoms with E-state index in [1.54, 1.807) is 0 Å². The summed E-state index contributed by atoms with van der Waals surface area (Å²) in [5, 5.41) is 19.6. The molecule has 2 N–H and O–H groups in total. The number of aliphatic hydroxyl groups excluding tert-OH is 1. The minimum Gasteiger partial charge on any atom is -0.411 e. The van der Waals surface area contributed by atoms with Gasteiger partial charge in [-0.25, -0.2) is 0 Å². The second-order valence-electron chi connectivity index (χ2n) is 2.12. The molecule has 0 aromatic heterocycles. The smallest absolute Gasteiger partial charge is 0.0578 e. The van der Waals surface area contributed by atoms with Crippen LogP contribution in [0.1, 0.15) is 12.8 Å². The zero-order chi connectivity index (χ0) is 5.98. The Morgan fingerprint density at radius 3 is 2.62 bits per heavy atom. The first kappa shape index (κ1) is 5.56. The molecule has 0 aromatic rings. The zero-order valence-corrected chi connectivity index (χ0v) is 4.54. The average Bonchev–Trinajstić information content (AvgIpc) is 1.65. The van der Waals surface area contributed by atoms with Crippen molar-refractivity contribution in [3.8, 4) is 0 Å². The molecule has 0 saturated heterocycles. The number of hydrogen-bond acceptors (Lipinski definition) is 3. The summed E-state index contributed by atoms with van der Waals surface area (Å²) in [5.74, 6) is 0.362. The number of rotatable bonds is 1. The van der Waals surface area contributed by atoms with Crippen LogP contribution in [0.15, 0.2) is 5.16 Å². The third-order valence-electron chi connectivity index (χ3n) is 1.45. The van der Waals surface area contributed by atoms with Gasteiger partial charge >= 0.3 is 0 Å². The molecular formula is C5H9NO2. The standard InChI is InChI=1S/C5H9NO2/c7-3-4-1-5(2-4)6-8/h4,7-8H,1-3H2. The molecule has 1 aliphatic rings. The Morgan fingerprint density at radius 2 is 2.25 bits per heavy atom. The number of nitrogens with zero attached hydrogens (tertiary/aromatic N) is 1. The van der Waals surface area contributed by atoms with Gasteiger partial charge in [0.2, 0.25) is 0 Å². The van der Waals surface area contributed by atoms with Gasteiger partial charge in [-0.2, -0.15) is 0 Å². The van der Waals surface area contributed by atoms with Gasteiger partial charge < -0.3 is 10.3 Å². The lowest BCUT2D eigenvalue weighted by Gasteiger charge is -2.23. The first-order chi connectivity index (χ1) is 3.86. The molecule has 0 unspecified atom stereocenters. The summed E-state index contributed by atoms with van der Waals surface area (Å²) in [4.78, 5) is 0. The SMILES string of the molecule is OCC1CC(=NO)C1. The van der Waals surface area contributed by atoms with E-state index in [1.807, 2.05) is 0 Å². The number of aliphatic hydroxyl groups is 1. The first-order valence-corrected chi connectivity index (χ1v) is 2.67. The Hall–Kier alpha value is -0.570. The van der Waals surface area contributed by atoms with Crippen molar-refractivity contribution in [2.75, 3.05) is 6.61 Å². The first-order valence-electron chi connectivity index (χ1n) is 2.67. The molecule has 1 fully saturated rings. The lowest BCUT2D eigenvalue weighted by atomic mass is 9.84. The van der Waals surface area contributed by atoms with Gasteiger partial charge in [-0.3, -0.25) is 0 Å². The predicted molar refractivity (Wildman–Crippen MR) is 29.0 cm³/mol. The maximum absolute atomic E-state index is 8.46. The predicted octanol–water partition coefficient (Wildman–Crippen LogP) is 0.219. The molecule has 0 aliphatic heterocycles. The van der Waals surface area contributed by atoms with Crippen LogP contribution in [0.2, 0.25) is 0 Å². The molecule has 0 heterocycles. The molecule has 0 atom stereocenters. The minimum atomic E-state index is 0.221. The molecule has 0 spiro atoms. The summed E-state index contributed by atoms with van der Waals surface area (Å²) in [6, 6.07) is 0. The summed E-state index contributed by atoms with van der Waals surface area (Å²) in [7, 11) is 0. The van der Waals surface area contributed by atoms with Crippen LogP contribution in [-0.4, -0.2) is 22.6 Å². The highest BCUT2D eigenvalue weighted by Gasteiger charge is 2.23. The molecule has 0 radical (unpaired) electrons. The maximum Gasteiger partial charge on any atom is 0.0578 e. The topological polar surface area (TPSA) is 52.8 Å². The third-order valence-corrected chi connectivity index (χ3v) is 1.45. The van der Waals surface area contributed by atoms with Gasteiger partial charge in [-0.15, -0.1) is 0 Å².